The lowest BCUT2D eigenvalue weighted by Crippen LogP contribution is -1.98. The Bertz CT molecular complexity index is 547. The molecular weight excluding hydrogens is 268 g/mol. The first-order valence-electron chi connectivity index (χ1n) is 7.01. The fourth-order valence-electron chi connectivity index (χ4n) is 1.54. The van der Waals surface area contributed by atoms with Crippen molar-refractivity contribution in [3.63, 3.8) is 0 Å². The number of rotatable bonds is 4. The maximum Gasteiger partial charge on any atom is 0.305 e. The van der Waals surface area contributed by atoms with Gasteiger partial charge in [-0.05, 0) is 13.3 Å². The first-order chi connectivity index (χ1) is 10.1. The topological polar surface area (TPSA) is 65.2 Å². The van der Waals surface area contributed by atoms with Gasteiger partial charge < -0.3 is 9.26 Å². The molecule has 0 amide bonds. The average molecular weight is 290 g/mol. The van der Waals surface area contributed by atoms with Crippen molar-refractivity contribution in [1.29, 1.82) is 0 Å². The lowest BCUT2D eigenvalue weighted by molar-refractivity contribution is -0.140. The summed E-state index contributed by atoms with van der Waals surface area (Å²) in [6, 6.07) is 8.03. The van der Waals surface area contributed by atoms with Gasteiger partial charge in [-0.15, -0.1) is 0 Å². The van der Waals surface area contributed by atoms with Crippen molar-refractivity contribution in [2.75, 3.05) is 7.11 Å². The van der Waals surface area contributed by atoms with Crippen LogP contribution in [0.2, 0.25) is 0 Å². The van der Waals surface area contributed by atoms with E-state index in [0.29, 0.717) is 18.1 Å². The van der Waals surface area contributed by atoms with Crippen LogP contribution in [0.1, 0.15) is 37.6 Å². The monoisotopic (exact) mass is 290 g/mol. The molecule has 0 radical (unpaired) electrons. The van der Waals surface area contributed by atoms with Crippen LogP contribution in [0.25, 0.3) is 11.4 Å². The fourth-order valence-corrected chi connectivity index (χ4v) is 1.54. The van der Waals surface area contributed by atoms with Gasteiger partial charge in [0.2, 0.25) is 11.7 Å². The van der Waals surface area contributed by atoms with Gasteiger partial charge in [0.1, 0.15) is 0 Å². The molecule has 0 aliphatic rings. The third-order valence-corrected chi connectivity index (χ3v) is 2.80. The Morgan fingerprint density at radius 3 is 2.38 bits per heavy atom. The Labute approximate surface area is 125 Å². The summed E-state index contributed by atoms with van der Waals surface area (Å²) in [5.74, 6) is 1.14. The normalized spacial score (nSPS) is 9.71. The second-order valence-electron chi connectivity index (χ2n) is 4.68. The van der Waals surface area contributed by atoms with E-state index in [-0.39, 0.29) is 5.97 Å². The van der Waals surface area contributed by atoms with Crippen LogP contribution in [0, 0.1) is 13.8 Å². The Morgan fingerprint density at radius 2 is 1.90 bits per heavy atom. The molecule has 1 aromatic carbocycles. The summed E-state index contributed by atoms with van der Waals surface area (Å²) in [6.07, 6.45) is 2.55. The van der Waals surface area contributed by atoms with Crippen molar-refractivity contribution in [2.24, 2.45) is 0 Å². The number of carbonyl (C=O) groups is 1. The zero-order valence-corrected chi connectivity index (χ0v) is 13.0. The minimum absolute atomic E-state index is 0.105. The van der Waals surface area contributed by atoms with Gasteiger partial charge in [0.05, 0.1) is 7.11 Å². The molecule has 0 fully saturated rings. The van der Waals surface area contributed by atoms with E-state index < -0.39 is 0 Å². The van der Waals surface area contributed by atoms with Gasteiger partial charge in [0.25, 0.3) is 0 Å². The number of ether oxygens (including phenoxy) is 1. The van der Waals surface area contributed by atoms with Gasteiger partial charge in [-0.2, -0.15) is 4.98 Å². The van der Waals surface area contributed by atoms with E-state index in [1.807, 2.05) is 38.1 Å². The predicted octanol–water partition coefficient (Wildman–Crippen LogP) is 3.70. The zero-order chi connectivity index (χ0) is 15.7. The standard InChI is InChI=1S/C10H10N2O.C6H12O2/c1-7-3-5-9(6-4-7)10-11-8(2)13-12-10;1-3-4-5-6(7)8-2/h3-6H,1-2H3;3-5H2,1-2H3. The van der Waals surface area contributed by atoms with Crippen molar-refractivity contribution in [1.82, 2.24) is 10.1 Å². The largest absolute Gasteiger partial charge is 0.469 e. The molecule has 0 unspecified atom stereocenters. The second kappa shape index (κ2) is 8.89. The van der Waals surface area contributed by atoms with E-state index in [2.05, 4.69) is 14.9 Å². The molecule has 5 nitrogen and oxygen atoms in total. The van der Waals surface area contributed by atoms with E-state index in [1.165, 1.54) is 12.7 Å². The summed E-state index contributed by atoms with van der Waals surface area (Å²) in [4.78, 5) is 14.5. The van der Waals surface area contributed by atoms with Crippen molar-refractivity contribution in [3.05, 3.63) is 35.7 Å². The highest BCUT2D eigenvalue weighted by atomic mass is 16.5. The number of hydrogen-bond donors (Lipinski definition) is 0. The van der Waals surface area contributed by atoms with Gasteiger partial charge in [-0.3, -0.25) is 4.79 Å². The summed E-state index contributed by atoms with van der Waals surface area (Å²) in [7, 11) is 1.41. The quantitative estimate of drug-likeness (QED) is 0.803. The third kappa shape index (κ3) is 6.21. The minimum atomic E-state index is -0.105. The minimum Gasteiger partial charge on any atom is -0.469 e. The van der Waals surface area contributed by atoms with Crippen LogP contribution in [0.5, 0.6) is 0 Å². The van der Waals surface area contributed by atoms with Crippen LogP contribution >= 0.6 is 0 Å². The summed E-state index contributed by atoms with van der Waals surface area (Å²) in [5.41, 5.74) is 2.21. The lowest BCUT2D eigenvalue weighted by Gasteiger charge is -1.93. The molecule has 0 aliphatic heterocycles. The molecule has 0 saturated carbocycles. The average Bonchev–Trinajstić information content (AvgIpc) is 2.92. The first-order valence-corrected chi connectivity index (χ1v) is 7.01. The van der Waals surface area contributed by atoms with E-state index in [9.17, 15) is 4.79 Å². The van der Waals surface area contributed by atoms with Crippen LogP contribution < -0.4 is 0 Å². The Kier molecular flexibility index (Phi) is 7.15. The smallest absolute Gasteiger partial charge is 0.305 e. The third-order valence-electron chi connectivity index (χ3n) is 2.80. The fraction of sp³-hybridized carbons (Fsp3) is 0.438. The maximum atomic E-state index is 10.3. The predicted molar refractivity (Wildman–Crippen MR) is 80.7 cm³/mol. The Morgan fingerprint density at radius 1 is 1.24 bits per heavy atom. The second-order valence-corrected chi connectivity index (χ2v) is 4.68. The van der Waals surface area contributed by atoms with E-state index in [0.717, 1.165) is 18.4 Å². The number of unbranched alkanes of at least 4 members (excludes halogenated alkanes) is 1. The number of aryl methyl sites for hydroxylation is 2. The van der Waals surface area contributed by atoms with E-state index in [4.69, 9.17) is 4.52 Å². The highest BCUT2D eigenvalue weighted by molar-refractivity contribution is 5.68. The Hall–Kier alpha value is -2.17. The Balaban J connectivity index is 0.000000240. The molecule has 114 valence electrons. The van der Waals surface area contributed by atoms with Crippen LogP contribution in [0.15, 0.2) is 28.8 Å². The molecule has 2 aromatic rings. The summed E-state index contributed by atoms with van der Waals surface area (Å²) in [6.45, 7) is 5.87. The van der Waals surface area contributed by atoms with Crippen LogP contribution in [-0.4, -0.2) is 23.2 Å². The van der Waals surface area contributed by atoms with Gasteiger partial charge in [0, 0.05) is 18.9 Å². The molecule has 1 heterocycles. The maximum absolute atomic E-state index is 10.3. The van der Waals surface area contributed by atoms with Crippen LogP contribution in [-0.2, 0) is 9.53 Å². The van der Waals surface area contributed by atoms with Gasteiger partial charge in [0.15, 0.2) is 0 Å². The van der Waals surface area contributed by atoms with Gasteiger partial charge in [-0.25, -0.2) is 0 Å². The highest BCUT2D eigenvalue weighted by Gasteiger charge is 2.03. The molecule has 0 bridgehead atoms. The summed E-state index contributed by atoms with van der Waals surface area (Å²) >= 11 is 0. The molecule has 5 heteroatoms. The molecule has 0 N–H and O–H groups in total. The highest BCUT2D eigenvalue weighted by Crippen LogP contribution is 2.15. The van der Waals surface area contributed by atoms with Crippen molar-refractivity contribution < 1.29 is 14.1 Å². The molecule has 2 rings (SSSR count). The molecule has 0 spiro atoms. The molecule has 0 atom stereocenters. The number of hydrogen-bond acceptors (Lipinski definition) is 5. The molecular formula is C16H22N2O3. The van der Waals surface area contributed by atoms with Gasteiger partial charge in [-0.1, -0.05) is 48.3 Å². The van der Waals surface area contributed by atoms with E-state index >= 15 is 0 Å². The summed E-state index contributed by atoms with van der Waals surface area (Å²) < 4.78 is 9.30. The number of esters is 1. The number of benzene rings is 1. The SMILES string of the molecule is CCCCC(=O)OC.Cc1ccc(-c2noc(C)n2)cc1. The van der Waals surface area contributed by atoms with Crippen LogP contribution in [0.4, 0.5) is 0 Å². The molecule has 0 saturated heterocycles. The van der Waals surface area contributed by atoms with Gasteiger partial charge >= 0.3 is 5.97 Å². The van der Waals surface area contributed by atoms with Crippen molar-refractivity contribution >= 4 is 5.97 Å². The van der Waals surface area contributed by atoms with Crippen molar-refractivity contribution in [2.45, 2.75) is 40.0 Å². The molecule has 21 heavy (non-hydrogen) atoms. The number of aromatic nitrogens is 2. The summed E-state index contributed by atoms with van der Waals surface area (Å²) in [5, 5.41) is 3.83. The molecule has 1 aromatic heterocycles. The first kappa shape index (κ1) is 16.9. The van der Waals surface area contributed by atoms with Crippen LogP contribution in [0.3, 0.4) is 0 Å². The van der Waals surface area contributed by atoms with Crippen molar-refractivity contribution in [3.8, 4) is 11.4 Å². The lowest BCUT2D eigenvalue weighted by atomic mass is 10.1. The number of methoxy groups -OCH3 is 1. The van der Waals surface area contributed by atoms with E-state index in [1.54, 1.807) is 6.92 Å². The zero-order valence-electron chi connectivity index (χ0n) is 13.0. The molecule has 0 aliphatic carbocycles. The number of nitrogens with zero attached hydrogens (tertiary/aromatic N) is 2. The number of carbonyl (C=O) groups excluding carboxylic acids is 1.